The van der Waals surface area contributed by atoms with E-state index in [4.69, 9.17) is 16.4 Å². The van der Waals surface area contributed by atoms with Crippen LogP contribution in [0, 0.1) is 0 Å². The average molecular weight is 134 g/mol. The zero-order valence-corrected chi connectivity index (χ0v) is 5.40. The smallest absolute Gasteiger partial charge is 0.118 e. The molecule has 0 saturated heterocycles. The van der Waals surface area contributed by atoms with Gasteiger partial charge in [-0.15, -0.1) is 17.1 Å². The summed E-state index contributed by atoms with van der Waals surface area (Å²) in [4.78, 5) is 4.88. The number of allylic oxidation sites excluding steroid dienone is 1. The monoisotopic (exact) mass is 133 g/mol. The Hall–Kier alpha value is -0.210. The fourth-order valence-corrected chi connectivity index (χ4v) is 0.748. The van der Waals surface area contributed by atoms with Crippen molar-refractivity contribution in [3.63, 3.8) is 0 Å². The minimum Gasteiger partial charge on any atom is -0.413 e. The summed E-state index contributed by atoms with van der Waals surface area (Å²) < 4.78 is 0. The SMILES string of the molecule is CC1=CC(CCl)NO1. The van der Waals surface area contributed by atoms with Crippen molar-refractivity contribution in [2.75, 3.05) is 5.88 Å². The summed E-state index contributed by atoms with van der Waals surface area (Å²) in [6.45, 7) is 1.89. The topological polar surface area (TPSA) is 21.3 Å². The largest absolute Gasteiger partial charge is 0.413 e. The van der Waals surface area contributed by atoms with Crippen molar-refractivity contribution in [2.24, 2.45) is 0 Å². The first-order valence-corrected chi connectivity index (χ1v) is 3.03. The predicted octanol–water partition coefficient (Wildman–Crippen LogP) is 1.03. The number of halogens is 1. The molecule has 3 heteroatoms. The third-order valence-electron chi connectivity index (χ3n) is 0.973. The van der Waals surface area contributed by atoms with E-state index in [-0.39, 0.29) is 6.04 Å². The van der Waals surface area contributed by atoms with Gasteiger partial charge in [0.05, 0.1) is 6.04 Å². The van der Waals surface area contributed by atoms with Gasteiger partial charge in [-0.25, -0.2) is 0 Å². The van der Waals surface area contributed by atoms with Crippen LogP contribution >= 0.6 is 11.6 Å². The van der Waals surface area contributed by atoms with E-state index < -0.39 is 0 Å². The third kappa shape index (κ3) is 1.14. The second kappa shape index (κ2) is 2.37. The van der Waals surface area contributed by atoms with E-state index in [1.807, 2.05) is 13.0 Å². The summed E-state index contributed by atoms with van der Waals surface area (Å²) in [5.74, 6) is 1.47. The van der Waals surface area contributed by atoms with Crippen LogP contribution in [0.1, 0.15) is 6.92 Å². The Morgan fingerprint density at radius 2 is 2.75 bits per heavy atom. The zero-order valence-electron chi connectivity index (χ0n) is 4.65. The van der Waals surface area contributed by atoms with Crippen molar-refractivity contribution >= 4 is 11.6 Å². The lowest BCUT2D eigenvalue weighted by Crippen LogP contribution is -2.21. The molecule has 0 aromatic heterocycles. The van der Waals surface area contributed by atoms with E-state index >= 15 is 0 Å². The van der Waals surface area contributed by atoms with E-state index in [0.717, 1.165) is 5.76 Å². The highest BCUT2D eigenvalue weighted by molar-refractivity contribution is 6.18. The van der Waals surface area contributed by atoms with Gasteiger partial charge in [0.15, 0.2) is 0 Å². The molecular weight excluding hydrogens is 126 g/mol. The number of hydrogen-bond acceptors (Lipinski definition) is 2. The Bertz CT molecular complexity index is 113. The lowest BCUT2D eigenvalue weighted by atomic mass is 10.3. The van der Waals surface area contributed by atoms with Crippen molar-refractivity contribution in [3.8, 4) is 0 Å². The van der Waals surface area contributed by atoms with E-state index in [1.165, 1.54) is 0 Å². The third-order valence-corrected chi connectivity index (χ3v) is 1.31. The van der Waals surface area contributed by atoms with Gasteiger partial charge in [-0.1, -0.05) is 0 Å². The Morgan fingerprint density at radius 3 is 3.00 bits per heavy atom. The lowest BCUT2D eigenvalue weighted by Gasteiger charge is -1.99. The highest BCUT2D eigenvalue weighted by Gasteiger charge is 2.10. The first kappa shape index (κ1) is 5.92. The van der Waals surface area contributed by atoms with Crippen LogP contribution in [0.3, 0.4) is 0 Å². The number of nitrogens with one attached hydrogen (secondary N) is 1. The van der Waals surface area contributed by atoms with Gasteiger partial charge in [0.25, 0.3) is 0 Å². The van der Waals surface area contributed by atoms with Crippen LogP contribution in [-0.2, 0) is 4.84 Å². The summed E-state index contributed by atoms with van der Waals surface area (Å²) in [6, 6.07) is 0.205. The fourth-order valence-electron chi connectivity index (χ4n) is 0.596. The summed E-state index contributed by atoms with van der Waals surface area (Å²) in [5, 5.41) is 0. The minimum absolute atomic E-state index is 0.205. The van der Waals surface area contributed by atoms with E-state index in [1.54, 1.807) is 0 Å². The van der Waals surface area contributed by atoms with Gasteiger partial charge in [0, 0.05) is 5.88 Å². The molecule has 0 saturated carbocycles. The van der Waals surface area contributed by atoms with E-state index in [0.29, 0.717) is 5.88 Å². The van der Waals surface area contributed by atoms with Crippen LogP contribution in [0.5, 0.6) is 0 Å². The van der Waals surface area contributed by atoms with Crippen molar-refractivity contribution in [1.82, 2.24) is 5.48 Å². The van der Waals surface area contributed by atoms with Gasteiger partial charge in [0.1, 0.15) is 5.76 Å². The normalized spacial score (nSPS) is 27.2. The number of hydrogen-bond donors (Lipinski definition) is 1. The molecule has 1 heterocycles. The second-order valence-electron chi connectivity index (χ2n) is 1.76. The molecule has 1 N–H and O–H groups in total. The van der Waals surface area contributed by atoms with Gasteiger partial charge < -0.3 is 4.84 Å². The quantitative estimate of drug-likeness (QED) is 0.540. The molecule has 46 valence electrons. The number of alkyl halides is 1. The molecule has 0 aromatic carbocycles. The molecule has 0 aromatic rings. The second-order valence-corrected chi connectivity index (χ2v) is 2.07. The first-order chi connectivity index (χ1) is 3.83. The van der Waals surface area contributed by atoms with Crippen LogP contribution in [0.2, 0.25) is 0 Å². The highest BCUT2D eigenvalue weighted by atomic mass is 35.5. The van der Waals surface area contributed by atoms with E-state index in [9.17, 15) is 0 Å². The van der Waals surface area contributed by atoms with Gasteiger partial charge in [-0.3, -0.25) is 0 Å². The van der Waals surface area contributed by atoms with Crippen molar-refractivity contribution < 1.29 is 4.84 Å². The number of rotatable bonds is 1. The van der Waals surface area contributed by atoms with Crippen LogP contribution < -0.4 is 5.48 Å². The van der Waals surface area contributed by atoms with Crippen LogP contribution in [-0.4, -0.2) is 11.9 Å². The van der Waals surface area contributed by atoms with Crippen molar-refractivity contribution in [2.45, 2.75) is 13.0 Å². The predicted molar refractivity (Wildman–Crippen MR) is 32.5 cm³/mol. The Labute approximate surface area is 53.4 Å². The molecule has 0 aliphatic carbocycles. The summed E-state index contributed by atoms with van der Waals surface area (Å²) >= 11 is 5.49. The summed E-state index contributed by atoms with van der Waals surface area (Å²) in [7, 11) is 0. The summed E-state index contributed by atoms with van der Waals surface area (Å²) in [5.41, 5.74) is 2.73. The number of hydroxylamine groups is 1. The van der Waals surface area contributed by atoms with Gasteiger partial charge in [0.2, 0.25) is 0 Å². The molecular formula is C5H8ClNO. The zero-order chi connectivity index (χ0) is 5.98. The Balaban J connectivity index is 2.41. The fraction of sp³-hybridized carbons (Fsp3) is 0.600. The maximum atomic E-state index is 5.49. The maximum absolute atomic E-state index is 5.49. The molecule has 0 fully saturated rings. The van der Waals surface area contributed by atoms with Gasteiger partial charge >= 0.3 is 0 Å². The standard InChI is InChI=1S/C5H8ClNO/c1-4-2-5(3-6)7-8-4/h2,5,7H,3H2,1H3. The molecule has 1 unspecified atom stereocenters. The van der Waals surface area contributed by atoms with Gasteiger partial charge in [-0.05, 0) is 13.0 Å². The minimum atomic E-state index is 0.205. The van der Waals surface area contributed by atoms with E-state index in [2.05, 4.69) is 5.48 Å². The lowest BCUT2D eigenvalue weighted by molar-refractivity contribution is 0.122. The van der Waals surface area contributed by atoms with Crippen LogP contribution in [0.25, 0.3) is 0 Å². The molecule has 1 aliphatic heterocycles. The van der Waals surface area contributed by atoms with Crippen LogP contribution in [0.15, 0.2) is 11.8 Å². The molecule has 8 heavy (non-hydrogen) atoms. The Kier molecular flexibility index (Phi) is 1.76. The molecule has 1 rings (SSSR count). The molecule has 1 aliphatic rings. The maximum Gasteiger partial charge on any atom is 0.118 e. The summed E-state index contributed by atoms with van der Waals surface area (Å²) in [6.07, 6.45) is 1.95. The molecule has 0 amide bonds. The highest BCUT2D eigenvalue weighted by Crippen LogP contribution is 2.05. The molecule has 0 spiro atoms. The van der Waals surface area contributed by atoms with Crippen LogP contribution in [0.4, 0.5) is 0 Å². The Morgan fingerprint density at radius 1 is 2.00 bits per heavy atom. The first-order valence-electron chi connectivity index (χ1n) is 2.49. The molecule has 0 radical (unpaired) electrons. The molecule has 0 bridgehead atoms. The van der Waals surface area contributed by atoms with Crippen molar-refractivity contribution in [3.05, 3.63) is 11.8 Å². The van der Waals surface area contributed by atoms with Crippen molar-refractivity contribution in [1.29, 1.82) is 0 Å². The van der Waals surface area contributed by atoms with Gasteiger partial charge in [-0.2, -0.15) is 0 Å². The molecule has 1 atom stereocenters. The average Bonchev–Trinajstić information content (AvgIpc) is 2.14. The molecule has 2 nitrogen and oxygen atoms in total.